The van der Waals surface area contributed by atoms with Gasteiger partial charge in [0.1, 0.15) is 0 Å². The van der Waals surface area contributed by atoms with Crippen LogP contribution in [0.25, 0.3) is 0 Å². The molecule has 0 saturated heterocycles. The molecule has 0 unspecified atom stereocenters. The highest BCUT2D eigenvalue weighted by Gasteiger charge is 2.18. The average Bonchev–Trinajstić information content (AvgIpc) is 2.66. The van der Waals surface area contributed by atoms with E-state index in [9.17, 15) is 9.59 Å². The predicted octanol–water partition coefficient (Wildman–Crippen LogP) is 3.19. The average molecular weight is 379 g/mol. The van der Waals surface area contributed by atoms with Gasteiger partial charge in [0.05, 0.1) is 39.1 Å². The molecule has 138 valence electrons. The van der Waals surface area contributed by atoms with Crippen LogP contribution in [0.5, 0.6) is 11.5 Å². The van der Waals surface area contributed by atoms with Crippen LogP contribution in [0.4, 0.5) is 11.4 Å². The fraction of sp³-hybridized carbons (Fsp3) is 0.222. The molecule has 2 rings (SSSR count). The van der Waals surface area contributed by atoms with Crippen LogP contribution in [0.3, 0.4) is 0 Å². The number of hydrogen-bond donors (Lipinski definition) is 2. The summed E-state index contributed by atoms with van der Waals surface area (Å²) < 4.78 is 15.2. The van der Waals surface area contributed by atoms with Gasteiger partial charge in [-0.2, -0.15) is 0 Å². The van der Waals surface area contributed by atoms with Crippen molar-refractivity contribution in [3.8, 4) is 11.5 Å². The highest BCUT2D eigenvalue weighted by molar-refractivity contribution is 6.30. The monoisotopic (exact) mass is 378 g/mol. The number of hydrogen-bond acceptors (Lipinski definition) is 6. The summed E-state index contributed by atoms with van der Waals surface area (Å²) in [5.74, 6) is -0.0608. The first kappa shape index (κ1) is 19.4. The third-order valence-corrected chi connectivity index (χ3v) is 3.75. The van der Waals surface area contributed by atoms with E-state index in [0.717, 1.165) is 0 Å². The first-order chi connectivity index (χ1) is 12.5. The lowest BCUT2D eigenvalue weighted by molar-refractivity contribution is -0.114. The van der Waals surface area contributed by atoms with Gasteiger partial charge in [-0.3, -0.25) is 4.79 Å². The molecule has 26 heavy (non-hydrogen) atoms. The van der Waals surface area contributed by atoms with Gasteiger partial charge in [0.25, 0.3) is 0 Å². The molecule has 1 amide bonds. The lowest BCUT2D eigenvalue weighted by atomic mass is 10.1. The Hall–Kier alpha value is -2.93. The van der Waals surface area contributed by atoms with Crippen molar-refractivity contribution in [1.29, 1.82) is 0 Å². The molecule has 0 radical (unpaired) electrons. The largest absolute Gasteiger partial charge is 0.493 e. The third-order valence-electron chi connectivity index (χ3n) is 3.50. The Morgan fingerprint density at radius 2 is 1.62 bits per heavy atom. The van der Waals surface area contributed by atoms with Gasteiger partial charge in [-0.1, -0.05) is 11.6 Å². The van der Waals surface area contributed by atoms with Gasteiger partial charge in [0.2, 0.25) is 5.91 Å². The van der Waals surface area contributed by atoms with E-state index in [1.807, 2.05) is 0 Å². The normalized spacial score (nSPS) is 10.0. The molecule has 0 fully saturated rings. The zero-order valence-electron chi connectivity index (χ0n) is 14.6. The third kappa shape index (κ3) is 4.80. The topological polar surface area (TPSA) is 85.9 Å². The molecule has 8 heteroatoms. The van der Waals surface area contributed by atoms with Crippen LogP contribution in [0, 0.1) is 0 Å². The minimum atomic E-state index is -0.563. The SMILES string of the molecule is COC(=O)c1cc(OC)c(OC)cc1NCC(=O)Nc1ccc(Cl)cc1. The first-order valence-corrected chi connectivity index (χ1v) is 8.00. The van der Waals surface area contributed by atoms with Crippen LogP contribution in [-0.4, -0.2) is 39.8 Å². The van der Waals surface area contributed by atoms with E-state index in [2.05, 4.69) is 10.6 Å². The van der Waals surface area contributed by atoms with Gasteiger partial charge in [-0.25, -0.2) is 4.79 Å². The Kier molecular flexibility index (Phi) is 6.68. The molecule has 0 bridgehead atoms. The molecule has 2 N–H and O–H groups in total. The number of halogens is 1. The lowest BCUT2D eigenvalue weighted by Gasteiger charge is -2.15. The number of carbonyl (C=O) groups excluding carboxylic acids is 2. The van der Waals surface area contributed by atoms with Crippen molar-refractivity contribution in [3.63, 3.8) is 0 Å². The second-order valence-corrected chi connectivity index (χ2v) is 5.59. The fourth-order valence-corrected chi connectivity index (χ4v) is 2.34. The molecule has 7 nitrogen and oxygen atoms in total. The van der Waals surface area contributed by atoms with Crippen LogP contribution in [0.1, 0.15) is 10.4 Å². The summed E-state index contributed by atoms with van der Waals surface area (Å²) in [7, 11) is 4.22. The Balaban J connectivity index is 2.15. The highest BCUT2D eigenvalue weighted by atomic mass is 35.5. The number of benzene rings is 2. The maximum Gasteiger partial charge on any atom is 0.340 e. The Morgan fingerprint density at radius 3 is 2.19 bits per heavy atom. The maximum atomic E-state index is 12.1. The summed E-state index contributed by atoms with van der Waals surface area (Å²) in [6.45, 7) is -0.0674. The van der Waals surface area contributed by atoms with Crippen molar-refractivity contribution in [1.82, 2.24) is 0 Å². The number of ether oxygens (including phenoxy) is 3. The number of methoxy groups -OCH3 is 3. The van der Waals surface area contributed by atoms with Crippen LogP contribution in [0.15, 0.2) is 36.4 Å². The molecule has 0 aliphatic heterocycles. The lowest BCUT2D eigenvalue weighted by Crippen LogP contribution is -2.22. The molecule has 0 aromatic heterocycles. The second kappa shape index (κ2) is 8.96. The molecule has 0 heterocycles. The van der Waals surface area contributed by atoms with Crippen molar-refractivity contribution in [3.05, 3.63) is 47.0 Å². The Morgan fingerprint density at radius 1 is 1.00 bits per heavy atom. The predicted molar refractivity (Wildman–Crippen MR) is 99.5 cm³/mol. The molecule has 0 spiro atoms. The highest BCUT2D eigenvalue weighted by Crippen LogP contribution is 2.33. The summed E-state index contributed by atoms with van der Waals surface area (Å²) in [5.41, 5.74) is 1.23. The number of carbonyl (C=O) groups is 2. The van der Waals surface area contributed by atoms with Crippen molar-refractivity contribution < 1.29 is 23.8 Å². The van der Waals surface area contributed by atoms with Gasteiger partial charge >= 0.3 is 5.97 Å². The van der Waals surface area contributed by atoms with Crippen LogP contribution < -0.4 is 20.1 Å². The molecular formula is C18H19ClN2O5. The zero-order chi connectivity index (χ0) is 19.1. The van der Waals surface area contributed by atoms with E-state index in [1.54, 1.807) is 30.3 Å². The van der Waals surface area contributed by atoms with Crippen molar-refractivity contribution in [2.75, 3.05) is 38.5 Å². The zero-order valence-corrected chi connectivity index (χ0v) is 15.3. The van der Waals surface area contributed by atoms with Crippen molar-refractivity contribution in [2.24, 2.45) is 0 Å². The van der Waals surface area contributed by atoms with Gasteiger partial charge in [0, 0.05) is 22.8 Å². The van der Waals surface area contributed by atoms with Gasteiger partial charge in [0.15, 0.2) is 11.5 Å². The minimum Gasteiger partial charge on any atom is -0.493 e. The molecule has 2 aromatic rings. The van der Waals surface area contributed by atoms with Crippen LogP contribution in [0.2, 0.25) is 5.02 Å². The van der Waals surface area contributed by atoms with E-state index in [-0.39, 0.29) is 18.0 Å². The quantitative estimate of drug-likeness (QED) is 0.719. The molecule has 0 aliphatic carbocycles. The van der Waals surface area contributed by atoms with Crippen LogP contribution >= 0.6 is 11.6 Å². The number of amides is 1. The van der Waals surface area contributed by atoms with Gasteiger partial charge in [-0.15, -0.1) is 0 Å². The second-order valence-electron chi connectivity index (χ2n) is 5.15. The maximum absolute atomic E-state index is 12.1. The molecular weight excluding hydrogens is 360 g/mol. The molecule has 0 saturated carbocycles. The summed E-state index contributed by atoms with van der Waals surface area (Å²) in [4.78, 5) is 24.1. The molecule has 0 atom stereocenters. The first-order valence-electron chi connectivity index (χ1n) is 7.62. The van der Waals surface area contributed by atoms with E-state index >= 15 is 0 Å². The molecule has 2 aromatic carbocycles. The smallest absolute Gasteiger partial charge is 0.340 e. The summed E-state index contributed by atoms with van der Waals surface area (Å²) in [6, 6.07) is 9.79. The fourth-order valence-electron chi connectivity index (χ4n) is 2.22. The summed E-state index contributed by atoms with van der Waals surface area (Å²) >= 11 is 5.81. The van der Waals surface area contributed by atoms with E-state index in [1.165, 1.54) is 27.4 Å². The number of nitrogens with one attached hydrogen (secondary N) is 2. The van der Waals surface area contributed by atoms with Crippen molar-refractivity contribution >= 4 is 34.9 Å². The standard InChI is InChI=1S/C18H19ClN2O5/c1-24-15-8-13(18(23)26-3)14(9-16(15)25-2)20-10-17(22)21-12-6-4-11(19)5-7-12/h4-9,20H,10H2,1-3H3,(H,21,22). The van der Waals surface area contributed by atoms with Crippen LogP contribution in [-0.2, 0) is 9.53 Å². The van der Waals surface area contributed by atoms with Crippen molar-refractivity contribution in [2.45, 2.75) is 0 Å². The minimum absolute atomic E-state index is 0.0674. The number of rotatable bonds is 7. The van der Waals surface area contributed by atoms with E-state index in [0.29, 0.717) is 27.9 Å². The van der Waals surface area contributed by atoms with Gasteiger partial charge in [-0.05, 0) is 24.3 Å². The van der Waals surface area contributed by atoms with Gasteiger partial charge < -0.3 is 24.8 Å². The summed E-state index contributed by atoms with van der Waals surface area (Å²) in [6.07, 6.45) is 0. The van der Waals surface area contributed by atoms with E-state index < -0.39 is 5.97 Å². The molecule has 0 aliphatic rings. The Bertz CT molecular complexity index is 793. The number of anilines is 2. The van der Waals surface area contributed by atoms with E-state index in [4.69, 9.17) is 25.8 Å². The Labute approximate surface area is 156 Å². The number of esters is 1. The summed E-state index contributed by atoms with van der Waals surface area (Å²) in [5, 5.41) is 6.21.